The Bertz CT molecular complexity index is 399. The first-order chi connectivity index (χ1) is 8.51. The second-order valence-electron chi connectivity index (χ2n) is 4.54. The summed E-state index contributed by atoms with van der Waals surface area (Å²) in [5.41, 5.74) is 7.04. The molecule has 0 aromatic carbocycles. The molecule has 0 spiro atoms. The van der Waals surface area contributed by atoms with E-state index in [9.17, 15) is 4.79 Å². The van der Waals surface area contributed by atoms with Gasteiger partial charge in [-0.1, -0.05) is 0 Å². The molecule has 0 aliphatic carbocycles. The van der Waals surface area contributed by atoms with E-state index in [1.807, 2.05) is 31.5 Å². The summed E-state index contributed by atoms with van der Waals surface area (Å²) in [5.74, 6) is -0.0000463. The molecule has 2 N–H and O–H groups in total. The van der Waals surface area contributed by atoms with E-state index in [1.165, 1.54) is 0 Å². The molecule has 0 saturated carbocycles. The molecule has 0 bridgehead atoms. The van der Waals surface area contributed by atoms with Crippen LogP contribution in [-0.4, -0.2) is 42.2 Å². The van der Waals surface area contributed by atoms with Crippen LogP contribution in [0, 0.1) is 0 Å². The summed E-state index contributed by atoms with van der Waals surface area (Å²) < 4.78 is 6.93. The summed E-state index contributed by atoms with van der Waals surface area (Å²) in [6, 6.07) is 1.94. The first-order valence-corrected chi connectivity index (χ1v) is 6.26. The molecule has 1 aromatic heterocycles. The summed E-state index contributed by atoms with van der Waals surface area (Å²) in [7, 11) is 1.63. The smallest absolute Gasteiger partial charge is 0.270 e. The molecule has 5 heteroatoms. The van der Waals surface area contributed by atoms with Crippen molar-refractivity contribution < 1.29 is 9.53 Å². The number of amides is 1. The number of nitrogens with two attached hydrogens (primary N) is 1. The molecule has 0 radical (unpaired) electrons. The molecule has 1 heterocycles. The van der Waals surface area contributed by atoms with E-state index in [0.29, 0.717) is 31.1 Å². The van der Waals surface area contributed by atoms with E-state index in [-0.39, 0.29) is 11.9 Å². The second-order valence-corrected chi connectivity index (χ2v) is 4.54. The molecule has 0 atom stereocenters. The van der Waals surface area contributed by atoms with Crippen molar-refractivity contribution in [3.8, 4) is 0 Å². The molecule has 1 aromatic rings. The van der Waals surface area contributed by atoms with Gasteiger partial charge in [0.25, 0.3) is 5.91 Å². The van der Waals surface area contributed by atoms with Crippen LogP contribution in [-0.2, 0) is 4.74 Å². The van der Waals surface area contributed by atoms with Crippen LogP contribution in [0.2, 0.25) is 0 Å². The number of hydrogen-bond donors (Lipinski definition) is 1. The molecule has 18 heavy (non-hydrogen) atoms. The van der Waals surface area contributed by atoms with Gasteiger partial charge in [0.1, 0.15) is 5.69 Å². The van der Waals surface area contributed by atoms with Crippen molar-refractivity contribution in [1.29, 1.82) is 0 Å². The minimum absolute atomic E-state index is 0.0000463. The van der Waals surface area contributed by atoms with Gasteiger partial charge < -0.3 is 19.9 Å². The maximum absolute atomic E-state index is 12.4. The maximum Gasteiger partial charge on any atom is 0.270 e. The third kappa shape index (κ3) is 3.26. The topological polar surface area (TPSA) is 60.5 Å². The van der Waals surface area contributed by atoms with Gasteiger partial charge in [-0.2, -0.15) is 0 Å². The van der Waals surface area contributed by atoms with Gasteiger partial charge in [0, 0.05) is 32.4 Å². The summed E-state index contributed by atoms with van der Waals surface area (Å²) >= 11 is 0. The fraction of sp³-hybridized carbons (Fsp3) is 0.615. The number of nitrogens with zero attached hydrogens (tertiary/aromatic N) is 2. The number of aromatic nitrogens is 1. The predicted octanol–water partition coefficient (Wildman–Crippen LogP) is 1.76. The zero-order valence-electron chi connectivity index (χ0n) is 11.6. The Morgan fingerprint density at radius 1 is 1.56 bits per heavy atom. The van der Waals surface area contributed by atoms with Crippen LogP contribution in [0.3, 0.4) is 0 Å². The van der Waals surface area contributed by atoms with Crippen LogP contribution in [0.5, 0.6) is 0 Å². The van der Waals surface area contributed by atoms with Crippen molar-refractivity contribution in [2.45, 2.75) is 26.8 Å². The number of ether oxygens (including phenoxy) is 1. The minimum Gasteiger partial charge on any atom is -0.397 e. The summed E-state index contributed by atoms with van der Waals surface area (Å²) in [4.78, 5) is 14.2. The second kappa shape index (κ2) is 6.44. The SMILES string of the molecule is CCN(CCOC)C(=O)c1cc(N)cn1C(C)C. The number of carbonyl (C=O) groups is 1. The van der Waals surface area contributed by atoms with Crippen molar-refractivity contribution >= 4 is 11.6 Å². The Balaban J connectivity index is 2.94. The lowest BCUT2D eigenvalue weighted by molar-refractivity contribution is 0.0694. The van der Waals surface area contributed by atoms with E-state index in [4.69, 9.17) is 10.5 Å². The average Bonchev–Trinajstić information content (AvgIpc) is 2.72. The first-order valence-electron chi connectivity index (χ1n) is 6.26. The molecule has 1 rings (SSSR count). The Hall–Kier alpha value is -1.49. The van der Waals surface area contributed by atoms with Crippen molar-refractivity contribution in [3.05, 3.63) is 18.0 Å². The van der Waals surface area contributed by atoms with Gasteiger partial charge in [-0.15, -0.1) is 0 Å². The number of rotatable bonds is 6. The highest BCUT2D eigenvalue weighted by Gasteiger charge is 2.19. The number of likely N-dealkylation sites (N-methyl/N-ethyl adjacent to an activating group) is 1. The van der Waals surface area contributed by atoms with Gasteiger partial charge in [-0.3, -0.25) is 4.79 Å². The Labute approximate surface area is 109 Å². The average molecular weight is 253 g/mol. The maximum atomic E-state index is 12.4. The predicted molar refractivity (Wildman–Crippen MR) is 72.7 cm³/mol. The summed E-state index contributed by atoms with van der Waals surface area (Å²) in [6.45, 7) is 7.81. The normalized spacial score (nSPS) is 10.9. The summed E-state index contributed by atoms with van der Waals surface area (Å²) in [5, 5.41) is 0. The third-order valence-corrected chi connectivity index (χ3v) is 2.88. The highest BCUT2D eigenvalue weighted by atomic mass is 16.5. The Kier molecular flexibility index (Phi) is 5.22. The molecule has 0 fully saturated rings. The standard InChI is InChI=1S/C13H23N3O2/c1-5-15(6-7-18-4)13(17)12-8-11(14)9-16(12)10(2)3/h8-10H,5-7,14H2,1-4H3. The number of nitrogen functional groups attached to an aromatic ring is 1. The molecule has 0 aliphatic rings. The fourth-order valence-corrected chi connectivity index (χ4v) is 1.87. The molecule has 5 nitrogen and oxygen atoms in total. The van der Waals surface area contributed by atoms with Crippen molar-refractivity contribution in [1.82, 2.24) is 9.47 Å². The van der Waals surface area contributed by atoms with Gasteiger partial charge >= 0.3 is 0 Å². The van der Waals surface area contributed by atoms with Crippen LogP contribution in [0.4, 0.5) is 5.69 Å². The van der Waals surface area contributed by atoms with E-state index >= 15 is 0 Å². The van der Waals surface area contributed by atoms with Crippen molar-refractivity contribution in [3.63, 3.8) is 0 Å². The lowest BCUT2D eigenvalue weighted by Crippen LogP contribution is -2.35. The van der Waals surface area contributed by atoms with Gasteiger partial charge in [0.2, 0.25) is 0 Å². The van der Waals surface area contributed by atoms with E-state index < -0.39 is 0 Å². The molecule has 1 amide bonds. The van der Waals surface area contributed by atoms with E-state index in [2.05, 4.69) is 0 Å². The van der Waals surface area contributed by atoms with Gasteiger partial charge in [0.05, 0.1) is 12.3 Å². The lowest BCUT2D eigenvalue weighted by Gasteiger charge is -2.22. The molecule has 0 saturated heterocycles. The monoisotopic (exact) mass is 253 g/mol. The Morgan fingerprint density at radius 3 is 2.72 bits per heavy atom. The third-order valence-electron chi connectivity index (χ3n) is 2.88. The van der Waals surface area contributed by atoms with Crippen LogP contribution in [0.15, 0.2) is 12.3 Å². The van der Waals surface area contributed by atoms with Crippen LogP contribution in [0.1, 0.15) is 37.3 Å². The molecule has 0 unspecified atom stereocenters. The largest absolute Gasteiger partial charge is 0.397 e. The molecular formula is C13H23N3O2. The zero-order chi connectivity index (χ0) is 13.7. The fourth-order valence-electron chi connectivity index (χ4n) is 1.87. The van der Waals surface area contributed by atoms with Gasteiger partial charge in [0.15, 0.2) is 0 Å². The van der Waals surface area contributed by atoms with Gasteiger partial charge in [-0.05, 0) is 26.8 Å². The van der Waals surface area contributed by atoms with Crippen molar-refractivity contribution in [2.24, 2.45) is 0 Å². The molecular weight excluding hydrogens is 230 g/mol. The highest BCUT2D eigenvalue weighted by Crippen LogP contribution is 2.18. The number of hydrogen-bond acceptors (Lipinski definition) is 3. The lowest BCUT2D eigenvalue weighted by atomic mass is 10.3. The summed E-state index contributed by atoms with van der Waals surface area (Å²) in [6.07, 6.45) is 1.81. The number of anilines is 1. The zero-order valence-corrected chi connectivity index (χ0v) is 11.6. The van der Waals surface area contributed by atoms with Gasteiger partial charge in [-0.25, -0.2) is 0 Å². The molecule has 0 aliphatic heterocycles. The number of carbonyl (C=O) groups excluding carboxylic acids is 1. The van der Waals surface area contributed by atoms with Crippen LogP contribution >= 0.6 is 0 Å². The Morgan fingerprint density at radius 2 is 2.22 bits per heavy atom. The molecule has 102 valence electrons. The van der Waals surface area contributed by atoms with Crippen LogP contribution in [0.25, 0.3) is 0 Å². The number of methoxy groups -OCH3 is 1. The van der Waals surface area contributed by atoms with Crippen molar-refractivity contribution in [2.75, 3.05) is 32.5 Å². The van der Waals surface area contributed by atoms with E-state index in [1.54, 1.807) is 18.1 Å². The van der Waals surface area contributed by atoms with Crippen LogP contribution < -0.4 is 5.73 Å². The minimum atomic E-state index is -0.0000463. The first kappa shape index (κ1) is 14.6. The quantitative estimate of drug-likeness (QED) is 0.840. The van der Waals surface area contributed by atoms with E-state index in [0.717, 1.165) is 0 Å². The highest BCUT2D eigenvalue weighted by molar-refractivity contribution is 5.93.